The molecular formula is C12H25N5O2. The highest BCUT2D eigenvalue weighted by atomic mass is 16.5. The second-order valence-electron chi connectivity index (χ2n) is 4.71. The molecule has 0 aliphatic heterocycles. The van der Waals surface area contributed by atoms with E-state index in [2.05, 4.69) is 15.4 Å². The van der Waals surface area contributed by atoms with Crippen molar-refractivity contribution in [2.45, 2.75) is 25.6 Å². The topological polar surface area (TPSA) is 77.6 Å². The van der Waals surface area contributed by atoms with Crippen LogP contribution in [0.3, 0.4) is 0 Å². The zero-order chi connectivity index (χ0) is 14.4. The molecule has 0 saturated heterocycles. The van der Waals surface area contributed by atoms with Crippen LogP contribution in [0, 0.1) is 0 Å². The minimum atomic E-state index is -0.176. The Morgan fingerprint density at radius 1 is 1.47 bits per heavy atom. The molecule has 0 aromatic carbocycles. The fourth-order valence-electron chi connectivity index (χ4n) is 1.89. The number of hydrazine groups is 1. The molecule has 3 N–H and O–H groups in total. The second-order valence-corrected chi connectivity index (χ2v) is 4.71. The molecule has 0 spiro atoms. The first-order valence-electron chi connectivity index (χ1n) is 6.28. The van der Waals surface area contributed by atoms with Crippen LogP contribution in [-0.4, -0.2) is 55.6 Å². The Labute approximate surface area is 114 Å². The highest BCUT2D eigenvalue weighted by Gasteiger charge is 2.26. The van der Waals surface area contributed by atoms with Crippen molar-refractivity contribution in [3.05, 3.63) is 11.9 Å². The first-order chi connectivity index (χ1) is 9.04. The lowest BCUT2D eigenvalue weighted by atomic mass is 10.1. The zero-order valence-corrected chi connectivity index (χ0v) is 12.4. The third-order valence-electron chi connectivity index (χ3n) is 3.14. The van der Waals surface area contributed by atoms with E-state index in [0.717, 1.165) is 18.8 Å². The molecule has 0 radical (unpaired) electrons. The number of nitrogens with zero attached hydrogens (tertiary/aromatic N) is 3. The van der Waals surface area contributed by atoms with Gasteiger partial charge in [-0.25, -0.2) is 5.43 Å². The van der Waals surface area contributed by atoms with Crippen LogP contribution >= 0.6 is 0 Å². The molecule has 2 unspecified atom stereocenters. The highest BCUT2D eigenvalue weighted by molar-refractivity contribution is 5.29. The molecule has 1 heterocycles. The standard InChI is InChI=1S/C12H25N5O2/c1-9(18-4)11(15-13)12-10(19-5)8-14-17(12)7-6-16(2)3/h8-9,11,15H,6-7,13H2,1-5H3. The van der Waals surface area contributed by atoms with Crippen molar-refractivity contribution in [2.24, 2.45) is 5.84 Å². The number of rotatable bonds is 8. The van der Waals surface area contributed by atoms with Crippen molar-refractivity contribution in [1.82, 2.24) is 20.1 Å². The second kappa shape index (κ2) is 7.44. The maximum atomic E-state index is 5.65. The number of hydrogen-bond acceptors (Lipinski definition) is 6. The third-order valence-corrected chi connectivity index (χ3v) is 3.14. The number of likely N-dealkylation sites (N-methyl/N-ethyl adjacent to an activating group) is 1. The minimum absolute atomic E-state index is 0.0892. The molecule has 7 nitrogen and oxygen atoms in total. The number of nitrogens with one attached hydrogen (secondary N) is 1. The van der Waals surface area contributed by atoms with Crippen molar-refractivity contribution >= 4 is 0 Å². The number of hydrogen-bond donors (Lipinski definition) is 2. The van der Waals surface area contributed by atoms with E-state index < -0.39 is 0 Å². The molecule has 2 atom stereocenters. The molecule has 0 aliphatic rings. The predicted molar refractivity (Wildman–Crippen MR) is 73.9 cm³/mol. The summed E-state index contributed by atoms with van der Waals surface area (Å²) in [6.45, 7) is 3.60. The van der Waals surface area contributed by atoms with Gasteiger partial charge in [-0.1, -0.05) is 0 Å². The molecule has 1 aromatic heterocycles. The first kappa shape index (κ1) is 15.9. The summed E-state index contributed by atoms with van der Waals surface area (Å²) in [5, 5.41) is 4.36. The van der Waals surface area contributed by atoms with Crippen LogP contribution in [0.25, 0.3) is 0 Å². The predicted octanol–water partition coefficient (Wildman–Crippen LogP) is -0.00740. The van der Waals surface area contributed by atoms with Gasteiger partial charge in [0.25, 0.3) is 0 Å². The Kier molecular flexibility index (Phi) is 6.23. The molecule has 0 saturated carbocycles. The van der Waals surface area contributed by atoms with E-state index in [0.29, 0.717) is 5.75 Å². The van der Waals surface area contributed by atoms with Crippen LogP contribution in [-0.2, 0) is 11.3 Å². The lowest BCUT2D eigenvalue weighted by Crippen LogP contribution is -2.38. The SMILES string of the molecule is COc1cnn(CCN(C)C)c1C(NN)C(C)OC. The van der Waals surface area contributed by atoms with E-state index in [1.54, 1.807) is 20.4 Å². The van der Waals surface area contributed by atoms with E-state index in [4.69, 9.17) is 15.3 Å². The molecule has 0 bridgehead atoms. The van der Waals surface area contributed by atoms with E-state index in [-0.39, 0.29) is 12.1 Å². The Hall–Kier alpha value is -1.15. The fourth-order valence-corrected chi connectivity index (χ4v) is 1.89. The zero-order valence-electron chi connectivity index (χ0n) is 12.4. The van der Waals surface area contributed by atoms with Gasteiger partial charge < -0.3 is 14.4 Å². The molecule has 1 aromatic rings. The monoisotopic (exact) mass is 271 g/mol. The summed E-state index contributed by atoms with van der Waals surface area (Å²) in [7, 11) is 7.33. The van der Waals surface area contributed by atoms with Gasteiger partial charge in [-0.3, -0.25) is 10.5 Å². The summed E-state index contributed by atoms with van der Waals surface area (Å²) in [5.41, 5.74) is 3.68. The van der Waals surface area contributed by atoms with Gasteiger partial charge in [0.15, 0.2) is 5.75 Å². The average molecular weight is 271 g/mol. The van der Waals surface area contributed by atoms with Gasteiger partial charge in [-0.15, -0.1) is 0 Å². The Balaban J connectivity index is 3.02. The quantitative estimate of drug-likeness (QED) is 0.511. The normalized spacial score (nSPS) is 14.7. The summed E-state index contributed by atoms with van der Waals surface area (Å²) in [6.07, 6.45) is 1.62. The van der Waals surface area contributed by atoms with E-state index in [9.17, 15) is 0 Å². The summed E-state index contributed by atoms with van der Waals surface area (Å²) >= 11 is 0. The third kappa shape index (κ3) is 3.90. The van der Waals surface area contributed by atoms with Gasteiger partial charge in [0.05, 0.1) is 32.0 Å². The molecule has 7 heteroatoms. The molecule has 0 fully saturated rings. The molecule has 0 aliphatic carbocycles. The van der Waals surface area contributed by atoms with Crippen LogP contribution in [0.5, 0.6) is 5.75 Å². The van der Waals surface area contributed by atoms with E-state index in [1.165, 1.54) is 0 Å². The van der Waals surface area contributed by atoms with Crippen LogP contribution in [0.2, 0.25) is 0 Å². The lowest BCUT2D eigenvalue weighted by Gasteiger charge is -2.24. The van der Waals surface area contributed by atoms with Gasteiger partial charge in [0.2, 0.25) is 0 Å². The molecular weight excluding hydrogens is 246 g/mol. The number of methoxy groups -OCH3 is 2. The maximum absolute atomic E-state index is 5.65. The van der Waals surface area contributed by atoms with E-state index >= 15 is 0 Å². The first-order valence-corrected chi connectivity index (χ1v) is 6.28. The maximum Gasteiger partial charge on any atom is 0.161 e. The summed E-state index contributed by atoms with van der Waals surface area (Å²) < 4.78 is 12.6. The van der Waals surface area contributed by atoms with Gasteiger partial charge >= 0.3 is 0 Å². The van der Waals surface area contributed by atoms with Crippen molar-refractivity contribution in [2.75, 3.05) is 34.9 Å². The average Bonchev–Trinajstić information content (AvgIpc) is 2.80. The Morgan fingerprint density at radius 3 is 2.63 bits per heavy atom. The van der Waals surface area contributed by atoms with Crippen molar-refractivity contribution in [3.8, 4) is 5.75 Å². The summed E-state index contributed by atoms with van der Waals surface area (Å²) in [6, 6.07) is -0.176. The van der Waals surface area contributed by atoms with Gasteiger partial charge in [0.1, 0.15) is 5.69 Å². The highest BCUT2D eigenvalue weighted by Crippen LogP contribution is 2.27. The molecule has 1 rings (SSSR count). The van der Waals surface area contributed by atoms with Gasteiger partial charge in [-0.05, 0) is 21.0 Å². The van der Waals surface area contributed by atoms with Gasteiger partial charge in [-0.2, -0.15) is 5.10 Å². The van der Waals surface area contributed by atoms with Crippen LogP contribution in [0.15, 0.2) is 6.20 Å². The number of ether oxygens (including phenoxy) is 2. The molecule has 0 amide bonds. The largest absolute Gasteiger partial charge is 0.493 e. The molecule has 19 heavy (non-hydrogen) atoms. The van der Waals surface area contributed by atoms with Crippen molar-refractivity contribution in [3.63, 3.8) is 0 Å². The lowest BCUT2D eigenvalue weighted by molar-refractivity contribution is 0.0788. The number of nitrogens with two attached hydrogens (primary N) is 1. The minimum Gasteiger partial charge on any atom is -0.493 e. The van der Waals surface area contributed by atoms with E-state index in [1.807, 2.05) is 25.7 Å². The Bertz CT molecular complexity index is 380. The van der Waals surface area contributed by atoms with Crippen LogP contribution in [0.1, 0.15) is 18.7 Å². The van der Waals surface area contributed by atoms with Gasteiger partial charge in [0, 0.05) is 13.7 Å². The summed E-state index contributed by atoms with van der Waals surface area (Å²) in [5.74, 6) is 6.37. The smallest absolute Gasteiger partial charge is 0.161 e. The van der Waals surface area contributed by atoms with Crippen LogP contribution < -0.4 is 16.0 Å². The Morgan fingerprint density at radius 2 is 2.16 bits per heavy atom. The number of aromatic nitrogens is 2. The summed E-state index contributed by atoms with van der Waals surface area (Å²) in [4.78, 5) is 2.10. The fraction of sp³-hybridized carbons (Fsp3) is 0.750. The molecule has 110 valence electrons. The van der Waals surface area contributed by atoms with Crippen LogP contribution in [0.4, 0.5) is 0 Å². The van der Waals surface area contributed by atoms with Crippen molar-refractivity contribution < 1.29 is 9.47 Å². The van der Waals surface area contributed by atoms with Crippen molar-refractivity contribution in [1.29, 1.82) is 0 Å².